The summed E-state index contributed by atoms with van der Waals surface area (Å²) in [6.07, 6.45) is 4.24. The number of para-hydroxylation sites is 1. The lowest BCUT2D eigenvalue weighted by Crippen LogP contribution is -2.35. The van der Waals surface area contributed by atoms with Gasteiger partial charge in [0.25, 0.3) is 5.91 Å². The van der Waals surface area contributed by atoms with Crippen molar-refractivity contribution in [2.24, 2.45) is 0 Å². The third kappa shape index (κ3) is 3.22. The molecule has 0 N–H and O–H groups in total. The zero-order valence-electron chi connectivity index (χ0n) is 14.6. The number of benzene rings is 1. The predicted octanol–water partition coefficient (Wildman–Crippen LogP) is 3.05. The molecule has 3 aromatic rings. The topological polar surface area (TPSA) is 58.6 Å². The van der Waals surface area contributed by atoms with Gasteiger partial charge in [-0.1, -0.05) is 17.4 Å². The first-order chi connectivity index (χ1) is 12.8. The summed E-state index contributed by atoms with van der Waals surface area (Å²) in [7, 11) is 1.67. The molecule has 0 saturated carbocycles. The minimum absolute atomic E-state index is 0.0696. The minimum atomic E-state index is 0.0696. The van der Waals surface area contributed by atoms with E-state index in [4.69, 9.17) is 9.72 Å². The van der Waals surface area contributed by atoms with E-state index in [-0.39, 0.29) is 5.91 Å². The molecular weight excluding hydrogens is 348 g/mol. The van der Waals surface area contributed by atoms with Crippen molar-refractivity contribution >= 4 is 32.6 Å². The van der Waals surface area contributed by atoms with Crippen LogP contribution in [0.2, 0.25) is 0 Å². The van der Waals surface area contributed by atoms with Crippen LogP contribution in [-0.2, 0) is 0 Å². The van der Waals surface area contributed by atoms with E-state index in [1.165, 1.54) is 0 Å². The number of ether oxygens (including phenoxy) is 1. The molecule has 0 atom stereocenters. The van der Waals surface area contributed by atoms with Crippen LogP contribution in [0, 0.1) is 0 Å². The van der Waals surface area contributed by atoms with Gasteiger partial charge in [-0.15, -0.1) is 0 Å². The van der Waals surface area contributed by atoms with Gasteiger partial charge < -0.3 is 14.5 Å². The number of nitrogens with zero attached hydrogens (tertiary/aromatic N) is 4. The molecule has 1 aromatic carbocycles. The number of anilines is 1. The van der Waals surface area contributed by atoms with E-state index in [2.05, 4.69) is 16.0 Å². The second kappa shape index (κ2) is 7.29. The molecule has 2 aromatic heterocycles. The van der Waals surface area contributed by atoms with Gasteiger partial charge >= 0.3 is 0 Å². The van der Waals surface area contributed by atoms with Gasteiger partial charge in [0, 0.05) is 44.1 Å². The molecule has 1 amide bonds. The number of aromatic nitrogens is 2. The van der Waals surface area contributed by atoms with E-state index < -0.39 is 0 Å². The Hall–Kier alpha value is -2.67. The predicted molar refractivity (Wildman–Crippen MR) is 103 cm³/mol. The normalized spacial score (nSPS) is 15.1. The Bertz CT molecular complexity index is 912. The number of carbonyl (C=O) groups excluding carboxylic acids is 1. The Morgan fingerprint density at radius 2 is 1.96 bits per heavy atom. The highest BCUT2D eigenvalue weighted by molar-refractivity contribution is 7.22. The number of rotatable bonds is 3. The first-order valence-electron chi connectivity index (χ1n) is 8.64. The Labute approximate surface area is 156 Å². The van der Waals surface area contributed by atoms with Crippen LogP contribution in [-0.4, -0.2) is 54.1 Å². The summed E-state index contributed by atoms with van der Waals surface area (Å²) in [5.41, 5.74) is 1.60. The zero-order chi connectivity index (χ0) is 17.9. The van der Waals surface area contributed by atoms with Gasteiger partial charge in [-0.05, 0) is 30.7 Å². The second-order valence-corrected chi connectivity index (χ2v) is 7.18. The molecular formula is C19H20N4O2S. The zero-order valence-corrected chi connectivity index (χ0v) is 15.4. The van der Waals surface area contributed by atoms with E-state index in [0.717, 1.165) is 47.2 Å². The van der Waals surface area contributed by atoms with Crippen LogP contribution in [0.1, 0.15) is 16.8 Å². The number of hydrogen-bond donors (Lipinski definition) is 0. The van der Waals surface area contributed by atoms with Crippen LogP contribution in [0.3, 0.4) is 0 Å². The fourth-order valence-corrected chi connectivity index (χ4v) is 4.24. The van der Waals surface area contributed by atoms with E-state index in [1.807, 2.05) is 17.0 Å². The van der Waals surface area contributed by atoms with Gasteiger partial charge in [-0.25, -0.2) is 4.98 Å². The lowest BCUT2D eigenvalue weighted by atomic mass is 10.2. The average Bonchev–Trinajstić information content (AvgIpc) is 2.98. The molecule has 1 aliphatic rings. The van der Waals surface area contributed by atoms with Gasteiger partial charge in [0.15, 0.2) is 5.13 Å². The number of hydrogen-bond acceptors (Lipinski definition) is 6. The van der Waals surface area contributed by atoms with Gasteiger partial charge in [0.2, 0.25) is 0 Å². The van der Waals surface area contributed by atoms with Crippen LogP contribution in [0.25, 0.3) is 10.2 Å². The van der Waals surface area contributed by atoms with Crippen LogP contribution in [0.15, 0.2) is 42.7 Å². The Morgan fingerprint density at radius 1 is 1.12 bits per heavy atom. The highest BCUT2D eigenvalue weighted by atomic mass is 32.1. The fraction of sp³-hybridized carbons (Fsp3) is 0.316. The molecule has 7 heteroatoms. The lowest BCUT2D eigenvalue weighted by molar-refractivity contribution is 0.0767. The Balaban J connectivity index is 1.51. The third-order valence-electron chi connectivity index (χ3n) is 4.57. The van der Waals surface area contributed by atoms with Crippen molar-refractivity contribution < 1.29 is 9.53 Å². The molecule has 0 bridgehead atoms. The van der Waals surface area contributed by atoms with Crippen molar-refractivity contribution in [1.29, 1.82) is 0 Å². The average molecular weight is 368 g/mol. The molecule has 26 heavy (non-hydrogen) atoms. The number of amides is 1. The molecule has 4 rings (SSSR count). The van der Waals surface area contributed by atoms with Crippen LogP contribution in [0.5, 0.6) is 5.75 Å². The summed E-state index contributed by atoms with van der Waals surface area (Å²) in [6, 6.07) is 9.52. The third-order valence-corrected chi connectivity index (χ3v) is 5.65. The summed E-state index contributed by atoms with van der Waals surface area (Å²) in [6.45, 7) is 3.11. The molecule has 1 aliphatic heterocycles. The molecule has 0 aliphatic carbocycles. The van der Waals surface area contributed by atoms with Gasteiger partial charge in [-0.2, -0.15) is 0 Å². The molecule has 0 unspecified atom stereocenters. The van der Waals surface area contributed by atoms with Crippen LogP contribution < -0.4 is 9.64 Å². The largest absolute Gasteiger partial charge is 0.494 e. The summed E-state index contributed by atoms with van der Waals surface area (Å²) in [5, 5.41) is 0.989. The fourth-order valence-electron chi connectivity index (χ4n) is 3.20. The summed E-state index contributed by atoms with van der Waals surface area (Å²) < 4.78 is 6.54. The number of thiazole rings is 1. The maximum absolute atomic E-state index is 12.7. The molecule has 3 heterocycles. The minimum Gasteiger partial charge on any atom is -0.494 e. The lowest BCUT2D eigenvalue weighted by Gasteiger charge is -2.21. The first-order valence-corrected chi connectivity index (χ1v) is 9.46. The van der Waals surface area contributed by atoms with Crippen molar-refractivity contribution in [1.82, 2.24) is 14.9 Å². The number of fused-ring (bicyclic) bond motifs is 1. The quantitative estimate of drug-likeness (QED) is 0.711. The van der Waals surface area contributed by atoms with Crippen molar-refractivity contribution in [2.75, 3.05) is 38.2 Å². The summed E-state index contributed by atoms with van der Waals surface area (Å²) in [4.78, 5) is 25.6. The van der Waals surface area contributed by atoms with E-state index in [1.54, 1.807) is 43.0 Å². The monoisotopic (exact) mass is 368 g/mol. The summed E-state index contributed by atoms with van der Waals surface area (Å²) in [5.74, 6) is 0.870. The van der Waals surface area contributed by atoms with E-state index in [0.29, 0.717) is 12.1 Å². The maximum atomic E-state index is 12.7. The van der Waals surface area contributed by atoms with Gasteiger partial charge in [0.05, 0.1) is 11.8 Å². The number of pyridine rings is 1. The standard InChI is InChI=1S/C19H20N4O2S/c1-25-15-4-2-5-16-17(15)21-19(26-16)23-11-3-10-22(12-13-23)18(24)14-6-8-20-9-7-14/h2,4-9H,3,10-13H2,1H3. The van der Waals surface area contributed by atoms with Crippen LogP contribution >= 0.6 is 11.3 Å². The Kier molecular flexibility index (Phi) is 4.71. The SMILES string of the molecule is COc1cccc2sc(N3CCCN(C(=O)c4ccncc4)CC3)nc12. The van der Waals surface area contributed by atoms with Crippen molar-refractivity contribution in [3.63, 3.8) is 0 Å². The van der Waals surface area contributed by atoms with Crippen molar-refractivity contribution in [3.8, 4) is 5.75 Å². The molecule has 1 fully saturated rings. The maximum Gasteiger partial charge on any atom is 0.254 e. The van der Waals surface area contributed by atoms with E-state index in [9.17, 15) is 4.79 Å². The van der Waals surface area contributed by atoms with Crippen molar-refractivity contribution in [3.05, 3.63) is 48.3 Å². The van der Waals surface area contributed by atoms with Gasteiger partial charge in [-0.3, -0.25) is 9.78 Å². The van der Waals surface area contributed by atoms with Gasteiger partial charge in [0.1, 0.15) is 11.3 Å². The smallest absolute Gasteiger partial charge is 0.254 e. The van der Waals surface area contributed by atoms with Crippen LogP contribution in [0.4, 0.5) is 5.13 Å². The second-order valence-electron chi connectivity index (χ2n) is 6.17. The highest BCUT2D eigenvalue weighted by Gasteiger charge is 2.22. The molecule has 134 valence electrons. The first kappa shape index (κ1) is 16.8. The number of methoxy groups -OCH3 is 1. The van der Waals surface area contributed by atoms with Crippen molar-refractivity contribution in [2.45, 2.75) is 6.42 Å². The van der Waals surface area contributed by atoms with E-state index >= 15 is 0 Å². The molecule has 0 spiro atoms. The number of carbonyl (C=O) groups is 1. The Morgan fingerprint density at radius 3 is 2.77 bits per heavy atom. The molecule has 1 saturated heterocycles. The molecule has 0 radical (unpaired) electrons. The summed E-state index contributed by atoms with van der Waals surface area (Å²) >= 11 is 1.67. The highest BCUT2D eigenvalue weighted by Crippen LogP contribution is 2.34. The molecule has 6 nitrogen and oxygen atoms in total.